The smallest absolute Gasteiger partial charge is 0.254 e. The number of carbonyl (C=O) groups excluding carboxylic acids is 2. The summed E-state index contributed by atoms with van der Waals surface area (Å²) < 4.78 is 11.2. The van der Waals surface area contributed by atoms with Gasteiger partial charge in [0, 0.05) is 29.3 Å². The third-order valence-electron chi connectivity index (χ3n) is 6.31. The molecule has 1 heterocycles. The molecule has 1 aliphatic heterocycles. The van der Waals surface area contributed by atoms with Gasteiger partial charge < -0.3 is 19.3 Å². The molecule has 1 saturated carbocycles. The van der Waals surface area contributed by atoms with E-state index in [2.05, 4.69) is 6.07 Å². The molecule has 0 spiro atoms. The van der Waals surface area contributed by atoms with Crippen molar-refractivity contribution in [2.24, 2.45) is 5.92 Å². The quantitative estimate of drug-likeness (QED) is 0.541. The average molecular weight is 457 g/mol. The number of amides is 2. The minimum atomic E-state index is -0.0597. The van der Waals surface area contributed by atoms with Crippen LogP contribution < -0.4 is 14.4 Å². The topological polar surface area (TPSA) is 59.1 Å². The lowest BCUT2D eigenvalue weighted by Crippen LogP contribution is -2.32. The molecule has 0 atom stereocenters. The summed E-state index contributed by atoms with van der Waals surface area (Å²) >= 11 is 0. The Labute approximate surface area is 199 Å². The lowest BCUT2D eigenvalue weighted by molar-refractivity contribution is -0.119. The number of ether oxygens (including phenoxy) is 2. The van der Waals surface area contributed by atoms with Crippen LogP contribution in [0.25, 0.3) is 0 Å². The van der Waals surface area contributed by atoms with Gasteiger partial charge in [0.15, 0.2) is 0 Å². The summed E-state index contributed by atoms with van der Waals surface area (Å²) in [5, 5.41) is 0. The number of fused-ring (bicyclic) bond motifs is 1. The first-order chi connectivity index (χ1) is 16.6. The van der Waals surface area contributed by atoms with Gasteiger partial charge in [-0.3, -0.25) is 9.59 Å². The molecule has 6 nitrogen and oxygen atoms in total. The number of anilines is 1. The molecular formula is C28H28N2O4. The van der Waals surface area contributed by atoms with Crippen LogP contribution >= 0.6 is 0 Å². The second kappa shape index (κ2) is 9.59. The fourth-order valence-corrected chi connectivity index (χ4v) is 4.30. The van der Waals surface area contributed by atoms with Crippen LogP contribution in [-0.2, 0) is 17.9 Å². The van der Waals surface area contributed by atoms with E-state index in [1.165, 1.54) is 0 Å². The van der Waals surface area contributed by atoms with Crippen molar-refractivity contribution < 1.29 is 19.1 Å². The van der Waals surface area contributed by atoms with Crippen molar-refractivity contribution in [3.63, 3.8) is 0 Å². The number of carbonyl (C=O) groups is 2. The largest absolute Gasteiger partial charge is 0.497 e. The van der Waals surface area contributed by atoms with Gasteiger partial charge in [0.25, 0.3) is 5.91 Å². The van der Waals surface area contributed by atoms with Crippen LogP contribution in [0.5, 0.6) is 11.5 Å². The average Bonchev–Trinajstić information content (AvgIpc) is 3.74. The summed E-state index contributed by atoms with van der Waals surface area (Å²) in [6, 6.07) is 23.0. The molecule has 174 valence electrons. The van der Waals surface area contributed by atoms with Gasteiger partial charge in [-0.05, 0) is 60.9 Å². The van der Waals surface area contributed by atoms with Gasteiger partial charge in [-0.2, -0.15) is 0 Å². The zero-order valence-corrected chi connectivity index (χ0v) is 19.3. The molecule has 0 radical (unpaired) electrons. The standard InChI is InChI=1S/C28H28N2O4/c1-33-25-9-5-6-22(17-25)27(31)29-14-15-34-26-13-10-20(16-23(26)19-29)18-30(28(32)21-11-12-21)24-7-3-2-4-8-24/h2-10,13,16-17,21H,11-12,14-15,18-19H2,1H3. The number of hydrogen-bond acceptors (Lipinski definition) is 4. The lowest BCUT2D eigenvalue weighted by atomic mass is 10.1. The normalized spacial score (nSPS) is 15.0. The van der Waals surface area contributed by atoms with Gasteiger partial charge in [0.2, 0.25) is 5.91 Å². The molecule has 6 heteroatoms. The molecule has 0 N–H and O–H groups in total. The van der Waals surface area contributed by atoms with E-state index >= 15 is 0 Å². The van der Waals surface area contributed by atoms with Crippen LogP contribution in [0.1, 0.15) is 34.3 Å². The Morgan fingerprint density at radius 1 is 1.03 bits per heavy atom. The molecule has 2 amide bonds. The molecule has 3 aromatic carbocycles. The highest BCUT2D eigenvalue weighted by Crippen LogP contribution is 2.34. The van der Waals surface area contributed by atoms with Crippen LogP contribution in [0, 0.1) is 5.92 Å². The predicted octanol–water partition coefficient (Wildman–Crippen LogP) is 4.67. The number of para-hydroxylation sites is 1. The molecule has 0 bridgehead atoms. The summed E-state index contributed by atoms with van der Waals surface area (Å²) in [5.74, 6) is 1.67. The highest BCUT2D eigenvalue weighted by atomic mass is 16.5. The number of nitrogens with zero attached hydrogens (tertiary/aromatic N) is 2. The van der Waals surface area contributed by atoms with Gasteiger partial charge in [0.05, 0.1) is 20.2 Å². The SMILES string of the molecule is COc1cccc(C(=O)N2CCOc3ccc(CN(C(=O)C4CC4)c4ccccc4)cc3C2)c1. The Balaban J connectivity index is 1.38. The van der Waals surface area contributed by atoms with Gasteiger partial charge in [-0.15, -0.1) is 0 Å². The van der Waals surface area contributed by atoms with E-state index < -0.39 is 0 Å². The van der Waals surface area contributed by atoms with Crippen LogP contribution in [0.15, 0.2) is 72.8 Å². The molecule has 34 heavy (non-hydrogen) atoms. The van der Waals surface area contributed by atoms with E-state index in [4.69, 9.17) is 9.47 Å². The molecular weight excluding hydrogens is 428 g/mol. The van der Waals surface area contributed by atoms with Crippen molar-refractivity contribution in [3.8, 4) is 11.5 Å². The summed E-state index contributed by atoms with van der Waals surface area (Å²) in [6.45, 7) is 1.85. The van der Waals surface area contributed by atoms with Crippen LogP contribution in [0.2, 0.25) is 0 Å². The Morgan fingerprint density at radius 2 is 1.85 bits per heavy atom. The van der Waals surface area contributed by atoms with Gasteiger partial charge >= 0.3 is 0 Å². The summed E-state index contributed by atoms with van der Waals surface area (Å²) in [7, 11) is 1.59. The van der Waals surface area contributed by atoms with Crippen LogP contribution in [-0.4, -0.2) is 37.0 Å². The third kappa shape index (κ3) is 4.76. The molecule has 5 rings (SSSR count). The molecule has 0 saturated heterocycles. The molecule has 0 aromatic heterocycles. The van der Waals surface area contributed by atoms with Crippen molar-refractivity contribution in [2.75, 3.05) is 25.2 Å². The third-order valence-corrected chi connectivity index (χ3v) is 6.31. The van der Waals surface area contributed by atoms with Crippen molar-refractivity contribution >= 4 is 17.5 Å². The maximum absolute atomic E-state index is 13.2. The number of hydrogen-bond donors (Lipinski definition) is 0. The second-order valence-electron chi connectivity index (χ2n) is 8.78. The summed E-state index contributed by atoms with van der Waals surface area (Å²) in [5.41, 5.74) is 3.44. The van der Waals surface area contributed by atoms with E-state index in [1.54, 1.807) is 24.1 Å². The minimum Gasteiger partial charge on any atom is -0.497 e. The maximum atomic E-state index is 13.2. The zero-order valence-electron chi connectivity index (χ0n) is 19.3. The van der Waals surface area contributed by atoms with Gasteiger partial charge in [-0.25, -0.2) is 0 Å². The summed E-state index contributed by atoms with van der Waals surface area (Å²) in [4.78, 5) is 29.9. The molecule has 3 aromatic rings. The monoisotopic (exact) mass is 456 g/mol. The molecule has 2 aliphatic rings. The maximum Gasteiger partial charge on any atom is 0.254 e. The van der Waals surface area contributed by atoms with E-state index in [-0.39, 0.29) is 17.7 Å². The van der Waals surface area contributed by atoms with E-state index in [0.29, 0.717) is 37.6 Å². The van der Waals surface area contributed by atoms with Crippen molar-refractivity contribution in [1.29, 1.82) is 0 Å². The van der Waals surface area contributed by atoms with Crippen LogP contribution in [0.3, 0.4) is 0 Å². The minimum absolute atomic E-state index is 0.0597. The van der Waals surface area contributed by atoms with E-state index in [0.717, 1.165) is 35.4 Å². The fraction of sp³-hybridized carbons (Fsp3) is 0.286. The lowest BCUT2D eigenvalue weighted by Gasteiger charge is -2.24. The van der Waals surface area contributed by atoms with Crippen molar-refractivity contribution in [3.05, 3.63) is 89.5 Å². The predicted molar refractivity (Wildman–Crippen MR) is 130 cm³/mol. The first-order valence-electron chi connectivity index (χ1n) is 11.7. The Hall–Kier alpha value is -3.80. The Kier molecular flexibility index (Phi) is 6.21. The van der Waals surface area contributed by atoms with Crippen molar-refractivity contribution in [2.45, 2.75) is 25.9 Å². The fourth-order valence-electron chi connectivity index (χ4n) is 4.30. The number of rotatable bonds is 6. The first-order valence-corrected chi connectivity index (χ1v) is 11.7. The molecule has 0 unspecified atom stereocenters. The van der Waals surface area contributed by atoms with Gasteiger partial charge in [-0.1, -0.05) is 30.3 Å². The first kappa shape index (κ1) is 22.0. The van der Waals surface area contributed by atoms with E-state index in [1.807, 2.05) is 59.5 Å². The highest BCUT2D eigenvalue weighted by molar-refractivity contribution is 5.96. The summed E-state index contributed by atoms with van der Waals surface area (Å²) in [6.07, 6.45) is 1.92. The Bertz CT molecular complexity index is 1190. The van der Waals surface area contributed by atoms with Crippen LogP contribution in [0.4, 0.5) is 5.69 Å². The van der Waals surface area contributed by atoms with Gasteiger partial charge in [0.1, 0.15) is 18.1 Å². The molecule has 1 fully saturated rings. The number of methoxy groups -OCH3 is 1. The second-order valence-corrected chi connectivity index (χ2v) is 8.78. The molecule has 1 aliphatic carbocycles. The Morgan fingerprint density at radius 3 is 2.62 bits per heavy atom. The highest BCUT2D eigenvalue weighted by Gasteiger charge is 2.34. The van der Waals surface area contributed by atoms with E-state index in [9.17, 15) is 9.59 Å². The zero-order chi connectivity index (χ0) is 23.5. The van der Waals surface area contributed by atoms with Crippen molar-refractivity contribution in [1.82, 2.24) is 4.90 Å². The number of benzene rings is 3.